The zero-order valence-corrected chi connectivity index (χ0v) is 13.9. The Morgan fingerprint density at radius 1 is 1.09 bits per heavy atom. The Bertz CT molecular complexity index is 570. The largest absolute Gasteiger partial charge is 0.353 e. The summed E-state index contributed by atoms with van der Waals surface area (Å²) in [5.41, 5.74) is 1.54. The van der Waals surface area contributed by atoms with E-state index in [4.69, 9.17) is 0 Å². The van der Waals surface area contributed by atoms with E-state index in [0.717, 1.165) is 36.9 Å². The number of hydrogen-bond donors (Lipinski definition) is 2. The van der Waals surface area contributed by atoms with Crippen LogP contribution in [-0.4, -0.2) is 17.9 Å². The molecule has 0 saturated heterocycles. The highest BCUT2D eigenvalue weighted by Crippen LogP contribution is 2.48. The lowest BCUT2D eigenvalue weighted by atomic mass is 9.91. The quantitative estimate of drug-likeness (QED) is 0.873. The van der Waals surface area contributed by atoms with Gasteiger partial charge in [-0.15, -0.1) is 0 Å². The molecule has 124 valence electrons. The zero-order chi connectivity index (χ0) is 16.3. The third kappa shape index (κ3) is 3.57. The smallest absolute Gasteiger partial charge is 0.230 e. The van der Waals surface area contributed by atoms with Crippen molar-refractivity contribution in [1.82, 2.24) is 5.32 Å². The second-order valence-corrected chi connectivity index (χ2v) is 6.87. The van der Waals surface area contributed by atoms with Crippen molar-refractivity contribution in [3.8, 4) is 0 Å². The fourth-order valence-electron chi connectivity index (χ4n) is 3.46. The third-order valence-electron chi connectivity index (χ3n) is 5.17. The summed E-state index contributed by atoms with van der Waals surface area (Å²) in [6.07, 6.45) is 8.29. The van der Waals surface area contributed by atoms with Crippen LogP contribution in [0.5, 0.6) is 0 Å². The van der Waals surface area contributed by atoms with E-state index in [9.17, 15) is 9.59 Å². The Morgan fingerprint density at radius 2 is 1.74 bits per heavy atom. The number of carbonyl (C=O) groups excluding carboxylic acids is 2. The molecule has 2 aliphatic rings. The number of benzene rings is 1. The van der Waals surface area contributed by atoms with Gasteiger partial charge in [-0.3, -0.25) is 9.59 Å². The minimum absolute atomic E-state index is 0.00827. The van der Waals surface area contributed by atoms with Crippen molar-refractivity contribution in [2.75, 3.05) is 5.32 Å². The van der Waals surface area contributed by atoms with Gasteiger partial charge in [-0.05, 0) is 43.4 Å². The summed E-state index contributed by atoms with van der Waals surface area (Å²) in [5, 5.41) is 6.11. The SMILES string of the molecule is CCC(=O)Nc1ccc(C2(C(=O)NC3CCCCC3)CC2)cc1. The maximum absolute atomic E-state index is 12.7. The van der Waals surface area contributed by atoms with Gasteiger partial charge in [0, 0.05) is 18.2 Å². The van der Waals surface area contributed by atoms with E-state index in [1.165, 1.54) is 19.3 Å². The molecule has 3 rings (SSSR count). The summed E-state index contributed by atoms with van der Waals surface area (Å²) in [4.78, 5) is 24.2. The van der Waals surface area contributed by atoms with E-state index in [0.29, 0.717) is 12.5 Å². The van der Waals surface area contributed by atoms with Crippen LogP contribution in [-0.2, 0) is 15.0 Å². The van der Waals surface area contributed by atoms with E-state index in [1.807, 2.05) is 31.2 Å². The molecule has 0 aliphatic heterocycles. The topological polar surface area (TPSA) is 58.2 Å². The Balaban J connectivity index is 1.65. The molecule has 23 heavy (non-hydrogen) atoms. The molecule has 0 unspecified atom stereocenters. The number of nitrogens with one attached hydrogen (secondary N) is 2. The van der Waals surface area contributed by atoms with Crippen molar-refractivity contribution in [1.29, 1.82) is 0 Å². The van der Waals surface area contributed by atoms with E-state index in [2.05, 4.69) is 10.6 Å². The monoisotopic (exact) mass is 314 g/mol. The molecule has 2 fully saturated rings. The highest BCUT2D eigenvalue weighted by Gasteiger charge is 2.51. The normalized spacial score (nSPS) is 19.9. The summed E-state index contributed by atoms with van der Waals surface area (Å²) in [6.45, 7) is 1.83. The van der Waals surface area contributed by atoms with Crippen LogP contribution in [0.3, 0.4) is 0 Å². The number of amides is 2. The maximum atomic E-state index is 12.7. The highest BCUT2D eigenvalue weighted by molar-refractivity contribution is 5.92. The van der Waals surface area contributed by atoms with Crippen LogP contribution in [0.25, 0.3) is 0 Å². The molecule has 1 aromatic rings. The molecule has 1 aromatic carbocycles. The molecular formula is C19H26N2O2. The van der Waals surface area contributed by atoms with Gasteiger partial charge in [0.1, 0.15) is 0 Å². The van der Waals surface area contributed by atoms with E-state index < -0.39 is 0 Å². The summed E-state index contributed by atoms with van der Waals surface area (Å²) < 4.78 is 0. The average Bonchev–Trinajstić information content (AvgIpc) is 3.38. The molecule has 0 aromatic heterocycles. The molecule has 0 spiro atoms. The highest BCUT2D eigenvalue weighted by atomic mass is 16.2. The third-order valence-corrected chi connectivity index (χ3v) is 5.17. The molecule has 0 heterocycles. The first-order valence-corrected chi connectivity index (χ1v) is 8.85. The molecule has 2 saturated carbocycles. The Kier molecular flexibility index (Phi) is 4.69. The molecule has 0 radical (unpaired) electrons. The standard InChI is InChI=1S/C19H26N2O2/c1-2-17(22)20-16-10-8-14(9-11-16)19(12-13-19)18(23)21-15-6-4-3-5-7-15/h8-11,15H,2-7,12-13H2,1H3,(H,20,22)(H,21,23). The average molecular weight is 314 g/mol. The fourth-order valence-corrected chi connectivity index (χ4v) is 3.46. The Labute approximate surface area is 138 Å². The number of hydrogen-bond acceptors (Lipinski definition) is 2. The summed E-state index contributed by atoms with van der Waals surface area (Å²) in [7, 11) is 0. The lowest BCUT2D eigenvalue weighted by Gasteiger charge is -2.25. The molecule has 0 atom stereocenters. The maximum Gasteiger partial charge on any atom is 0.230 e. The molecule has 2 N–H and O–H groups in total. The van der Waals surface area contributed by atoms with Crippen molar-refractivity contribution in [2.45, 2.75) is 69.7 Å². The fraction of sp³-hybridized carbons (Fsp3) is 0.579. The van der Waals surface area contributed by atoms with Gasteiger partial charge in [0.15, 0.2) is 0 Å². The van der Waals surface area contributed by atoms with Crippen LogP contribution < -0.4 is 10.6 Å². The Hall–Kier alpha value is -1.84. The van der Waals surface area contributed by atoms with Gasteiger partial charge in [-0.2, -0.15) is 0 Å². The van der Waals surface area contributed by atoms with Crippen LogP contribution >= 0.6 is 0 Å². The van der Waals surface area contributed by atoms with Gasteiger partial charge < -0.3 is 10.6 Å². The minimum atomic E-state index is -0.329. The molecule has 2 aliphatic carbocycles. The number of carbonyl (C=O) groups is 2. The van der Waals surface area contributed by atoms with E-state index in [1.54, 1.807) is 0 Å². The molecular weight excluding hydrogens is 288 g/mol. The van der Waals surface area contributed by atoms with Crippen molar-refractivity contribution < 1.29 is 9.59 Å². The number of rotatable bonds is 5. The molecule has 2 amide bonds. The van der Waals surface area contributed by atoms with Crippen LogP contribution in [0.2, 0.25) is 0 Å². The lowest BCUT2D eigenvalue weighted by molar-refractivity contribution is -0.124. The molecule has 4 nitrogen and oxygen atoms in total. The van der Waals surface area contributed by atoms with E-state index in [-0.39, 0.29) is 17.2 Å². The van der Waals surface area contributed by atoms with Crippen molar-refractivity contribution in [2.24, 2.45) is 0 Å². The molecule has 4 heteroatoms. The van der Waals surface area contributed by atoms with Gasteiger partial charge in [0.05, 0.1) is 5.41 Å². The summed E-state index contributed by atoms with van der Waals surface area (Å²) >= 11 is 0. The van der Waals surface area contributed by atoms with Gasteiger partial charge >= 0.3 is 0 Å². The van der Waals surface area contributed by atoms with Crippen molar-refractivity contribution in [3.63, 3.8) is 0 Å². The number of anilines is 1. The zero-order valence-electron chi connectivity index (χ0n) is 13.9. The predicted molar refractivity (Wildman–Crippen MR) is 91.3 cm³/mol. The van der Waals surface area contributed by atoms with Crippen LogP contribution in [0.1, 0.15) is 63.9 Å². The van der Waals surface area contributed by atoms with Gasteiger partial charge in [0.2, 0.25) is 11.8 Å². The summed E-state index contributed by atoms with van der Waals surface area (Å²) in [6, 6.07) is 8.13. The molecule has 0 bridgehead atoms. The lowest BCUT2D eigenvalue weighted by Crippen LogP contribution is -2.42. The van der Waals surface area contributed by atoms with Crippen LogP contribution in [0, 0.1) is 0 Å². The first-order chi connectivity index (χ1) is 11.1. The predicted octanol–water partition coefficient (Wildman–Crippen LogP) is 3.52. The van der Waals surface area contributed by atoms with Crippen LogP contribution in [0.15, 0.2) is 24.3 Å². The van der Waals surface area contributed by atoms with Gasteiger partial charge in [-0.1, -0.05) is 38.3 Å². The first-order valence-electron chi connectivity index (χ1n) is 8.85. The van der Waals surface area contributed by atoms with E-state index >= 15 is 0 Å². The van der Waals surface area contributed by atoms with Crippen LogP contribution in [0.4, 0.5) is 5.69 Å². The van der Waals surface area contributed by atoms with Crippen molar-refractivity contribution >= 4 is 17.5 Å². The van der Waals surface area contributed by atoms with Gasteiger partial charge in [-0.25, -0.2) is 0 Å². The second kappa shape index (κ2) is 6.73. The van der Waals surface area contributed by atoms with Gasteiger partial charge in [0.25, 0.3) is 0 Å². The van der Waals surface area contributed by atoms with Crippen molar-refractivity contribution in [3.05, 3.63) is 29.8 Å². The minimum Gasteiger partial charge on any atom is -0.353 e. The first kappa shape index (κ1) is 16.0. The summed E-state index contributed by atoms with van der Waals surface area (Å²) in [5.74, 6) is 0.198. The second-order valence-electron chi connectivity index (χ2n) is 6.87. The Morgan fingerprint density at radius 3 is 2.30 bits per heavy atom.